The minimum Gasteiger partial charge on any atom is -0.491 e. The average molecular weight is 410 g/mol. The van der Waals surface area contributed by atoms with Crippen molar-refractivity contribution in [2.45, 2.75) is 13.0 Å². The summed E-state index contributed by atoms with van der Waals surface area (Å²) in [6, 6.07) is 14.9. The molecule has 0 bridgehead atoms. The quantitative estimate of drug-likeness (QED) is 0.682. The Labute approximate surface area is 176 Å². The van der Waals surface area contributed by atoms with Crippen molar-refractivity contribution in [2.24, 2.45) is 0 Å². The van der Waals surface area contributed by atoms with Crippen molar-refractivity contribution in [1.82, 2.24) is 4.90 Å². The Balaban J connectivity index is 1.45. The molecule has 4 rings (SSSR count). The van der Waals surface area contributed by atoms with Crippen LogP contribution in [0.15, 0.2) is 48.5 Å². The molecule has 1 saturated heterocycles. The van der Waals surface area contributed by atoms with Crippen LogP contribution in [0.4, 0.5) is 5.69 Å². The molecule has 30 heavy (non-hydrogen) atoms. The van der Waals surface area contributed by atoms with E-state index >= 15 is 0 Å². The van der Waals surface area contributed by atoms with E-state index in [1.165, 1.54) is 6.92 Å². The summed E-state index contributed by atoms with van der Waals surface area (Å²) in [6.07, 6.45) is -0.567. The van der Waals surface area contributed by atoms with Crippen molar-refractivity contribution >= 4 is 17.4 Å². The standard InChI is InChI=1S/C23H26N2O5/c1-17(26)18-6-2-4-8-20(18)29-15-12-25-16-22(23(27)24-10-13-28-14-11-24)30-21-9-5-3-7-19(21)25/h2-9,22H,10-16H2,1H3/t22-/m0/s1. The first-order valence-corrected chi connectivity index (χ1v) is 10.2. The van der Waals surface area contributed by atoms with Gasteiger partial charge in [-0.1, -0.05) is 24.3 Å². The number of morpholine rings is 1. The van der Waals surface area contributed by atoms with E-state index in [-0.39, 0.29) is 11.7 Å². The number of ketones is 1. The molecule has 0 aromatic heterocycles. The molecule has 0 aliphatic carbocycles. The lowest BCUT2D eigenvalue weighted by molar-refractivity contribution is -0.142. The molecule has 2 aliphatic heterocycles. The number of hydrogen-bond acceptors (Lipinski definition) is 6. The molecule has 158 valence electrons. The number of rotatable bonds is 6. The Hall–Kier alpha value is -3.06. The molecule has 7 heteroatoms. The number of para-hydroxylation sites is 3. The molecule has 2 aromatic rings. The molecule has 0 saturated carbocycles. The average Bonchev–Trinajstić information content (AvgIpc) is 2.79. The second kappa shape index (κ2) is 9.17. The molecule has 2 aliphatic rings. The minimum absolute atomic E-state index is 0.0133. The number of nitrogens with zero attached hydrogens (tertiary/aromatic N) is 2. The van der Waals surface area contributed by atoms with E-state index in [0.29, 0.717) is 63.1 Å². The number of Topliss-reactive ketones (excluding diaryl/α,β-unsaturated/α-hetero) is 1. The van der Waals surface area contributed by atoms with Gasteiger partial charge in [-0.15, -0.1) is 0 Å². The SMILES string of the molecule is CC(=O)c1ccccc1OCCN1C[C@@H](C(=O)N2CCOCC2)Oc2ccccc21. The smallest absolute Gasteiger partial charge is 0.265 e. The van der Waals surface area contributed by atoms with Crippen LogP contribution in [-0.4, -0.2) is 68.7 Å². The highest BCUT2D eigenvalue weighted by Gasteiger charge is 2.34. The molecule has 0 N–H and O–H groups in total. The highest BCUT2D eigenvalue weighted by atomic mass is 16.5. The van der Waals surface area contributed by atoms with Gasteiger partial charge in [0.05, 0.1) is 37.6 Å². The molecule has 2 heterocycles. The molecule has 2 aromatic carbocycles. The predicted octanol–water partition coefficient (Wildman–Crippen LogP) is 2.39. The van der Waals surface area contributed by atoms with Crippen LogP contribution in [0.25, 0.3) is 0 Å². The van der Waals surface area contributed by atoms with E-state index in [9.17, 15) is 9.59 Å². The van der Waals surface area contributed by atoms with Crippen molar-refractivity contribution in [2.75, 3.05) is 50.9 Å². The fraction of sp³-hybridized carbons (Fsp3) is 0.391. The first-order chi connectivity index (χ1) is 14.6. The Bertz CT molecular complexity index is 910. The molecule has 7 nitrogen and oxygen atoms in total. The maximum absolute atomic E-state index is 13.0. The van der Waals surface area contributed by atoms with E-state index in [0.717, 1.165) is 5.69 Å². The van der Waals surface area contributed by atoms with Gasteiger partial charge in [0.25, 0.3) is 5.91 Å². The van der Waals surface area contributed by atoms with Gasteiger partial charge in [0.1, 0.15) is 18.1 Å². The van der Waals surface area contributed by atoms with Crippen molar-refractivity contribution in [3.8, 4) is 11.5 Å². The van der Waals surface area contributed by atoms with Crippen LogP contribution >= 0.6 is 0 Å². The van der Waals surface area contributed by atoms with Crippen LogP contribution in [-0.2, 0) is 9.53 Å². The molecule has 1 atom stereocenters. The van der Waals surface area contributed by atoms with Gasteiger partial charge in [-0.25, -0.2) is 0 Å². The number of fused-ring (bicyclic) bond motifs is 1. The first kappa shape index (κ1) is 20.2. The van der Waals surface area contributed by atoms with E-state index in [1.807, 2.05) is 36.4 Å². The summed E-state index contributed by atoms with van der Waals surface area (Å²) < 4.78 is 17.3. The molecule has 0 radical (unpaired) electrons. The molecular weight excluding hydrogens is 384 g/mol. The molecule has 1 fully saturated rings. The summed E-state index contributed by atoms with van der Waals surface area (Å²) in [6.45, 7) is 5.23. The highest BCUT2D eigenvalue weighted by molar-refractivity contribution is 5.96. The molecule has 0 spiro atoms. The molecular formula is C23H26N2O5. The third kappa shape index (κ3) is 4.41. The van der Waals surface area contributed by atoms with Crippen molar-refractivity contribution in [1.29, 1.82) is 0 Å². The van der Waals surface area contributed by atoms with E-state index in [2.05, 4.69) is 4.90 Å². The van der Waals surface area contributed by atoms with E-state index in [4.69, 9.17) is 14.2 Å². The maximum atomic E-state index is 13.0. The zero-order valence-electron chi connectivity index (χ0n) is 17.1. The summed E-state index contributed by atoms with van der Waals surface area (Å²) in [5.74, 6) is 1.23. The van der Waals surface area contributed by atoms with Crippen LogP contribution in [0.3, 0.4) is 0 Å². The Morgan fingerprint density at radius 3 is 2.60 bits per heavy atom. The zero-order valence-corrected chi connectivity index (χ0v) is 17.1. The van der Waals surface area contributed by atoms with Gasteiger partial charge in [0, 0.05) is 13.1 Å². The third-order valence-corrected chi connectivity index (χ3v) is 5.34. The van der Waals surface area contributed by atoms with Crippen LogP contribution in [0, 0.1) is 0 Å². The lowest BCUT2D eigenvalue weighted by atomic mass is 10.1. The van der Waals surface area contributed by atoms with Gasteiger partial charge in [-0.05, 0) is 31.2 Å². The van der Waals surface area contributed by atoms with Crippen LogP contribution < -0.4 is 14.4 Å². The maximum Gasteiger partial charge on any atom is 0.265 e. The Morgan fingerprint density at radius 1 is 1.07 bits per heavy atom. The first-order valence-electron chi connectivity index (χ1n) is 10.2. The van der Waals surface area contributed by atoms with Crippen LogP contribution in [0.2, 0.25) is 0 Å². The number of ether oxygens (including phenoxy) is 3. The van der Waals surface area contributed by atoms with Crippen molar-refractivity contribution in [3.05, 3.63) is 54.1 Å². The number of amides is 1. The van der Waals surface area contributed by atoms with Crippen molar-refractivity contribution in [3.63, 3.8) is 0 Å². The summed E-state index contributed by atoms with van der Waals surface area (Å²) in [4.78, 5) is 28.7. The molecule has 1 amide bonds. The fourth-order valence-corrected chi connectivity index (χ4v) is 3.78. The Kier molecular flexibility index (Phi) is 6.18. The van der Waals surface area contributed by atoms with E-state index in [1.54, 1.807) is 17.0 Å². The highest BCUT2D eigenvalue weighted by Crippen LogP contribution is 2.33. The van der Waals surface area contributed by atoms with E-state index < -0.39 is 6.10 Å². The van der Waals surface area contributed by atoms with Gasteiger partial charge >= 0.3 is 0 Å². The van der Waals surface area contributed by atoms with Crippen LogP contribution in [0.1, 0.15) is 17.3 Å². The van der Waals surface area contributed by atoms with Gasteiger partial charge in [0.15, 0.2) is 11.9 Å². The second-order valence-electron chi connectivity index (χ2n) is 7.36. The zero-order chi connectivity index (χ0) is 20.9. The monoisotopic (exact) mass is 410 g/mol. The summed E-state index contributed by atoms with van der Waals surface area (Å²) in [5, 5.41) is 0. The lowest BCUT2D eigenvalue weighted by Crippen LogP contribution is -2.53. The number of carbonyl (C=O) groups excluding carboxylic acids is 2. The number of carbonyl (C=O) groups is 2. The number of anilines is 1. The van der Waals surface area contributed by atoms with Crippen molar-refractivity contribution < 1.29 is 23.8 Å². The topological polar surface area (TPSA) is 68.3 Å². The molecule has 0 unspecified atom stereocenters. The van der Waals surface area contributed by atoms with Gasteiger partial charge in [-0.2, -0.15) is 0 Å². The fourth-order valence-electron chi connectivity index (χ4n) is 3.78. The Morgan fingerprint density at radius 2 is 1.80 bits per heavy atom. The van der Waals surface area contributed by atoms with Gasteiger partial charge < -0.3 is 24.0 Å². The summed E-state index contributed by atoms with van der Waals surface area (Å²) in [7, 11) is 0. The minimum atomic E-state index is -0.567. The normalized spacial score (nSPS) is 18.4. The summed E-state index contributed by atoms with van der Waals surface area (Å²) in [5.41, 5.74) is 1.51. The largest absolute Gasteiger partial charge is 0.491 e. The second-order valence-corrected chi connectivity index (χ2v) is 7.36. The third-order valence-electron chi connectivity index (χ3n) is 5.34. The number of hydrogen-bond donors (Lipinski definition) is 0. The summed E-state index contributed by atoms with van der Waals surface area (Å²) >= 11 is 0. The van der Waals surface area contributed by atoms with Gasteiger partial charge in [0.2, 0.25) is 0 Å². The number of benzene rings is 2. The van der Waals surface area contributed by atoms with Gasteiger partial charge in [-0.3, -0.25) is 9.59 Å². The lowest BCUT2D eigenvalue weighted by Gasteiger charge is -2.38. The predicted molar refractivity (Wildman–Crippen MR) is 112 cm³/mol. The van der Waals surface area contributed by atoms with Crippen LogP contribution in [0.5, 0.6) is 11.5 Å².